The molecule has 6 nitrogen and oxygen atoms in total. The molecular formula is C20H24F3N3O3S. The van der Waals surface area contributed by atoms with Gasteiger partial charge in [0.25, 0.3) is 5.91 Å². The first kappa shape index (κ1) is 23.7. The van der Waals surface area contributed by atoms with Gasteiger partial charge in [0, 0.05) is 29.5 Å². The van der Waals surface area contributed by atoms with Crippen LogP contribution < -0.4 is 14.9 Å². The summed E-state index contributed by atoms with van der Waals surface area (Å²) in [5, 5.41) is 2.63. The number of carbonyl (C=O) groups is 1. The summed E-state index contributed by atoms with van der Waals surface area (Å²) in [6, 6.07) is 12.3. The monoisotopic (exact) mass is 443 g/mol. The van der Waals surface area contributed by atoms with Gasteiger partial charge in [-0.25, -0.2) is 13.1 Å². The van der Waals surface area contributed by atoms with Crippen molar-refractivity contribution in [2.45, 2.75) is 37.9 Å². The first-order valence-corrected chi connectivity index (χ1v) is 10.8. The normalized spacial score (nSPS) is 12.1. The Bertz CT molecular complexity index is 958. The number of carbonyl (C=O) groups excluding carboxylic acids is 1. The van der Waals surface area contributed by atoms with Crippen molar-refractivity contribution in [1.29, 1.82) is 0 Å². The van der Waals surface area contributed by atoms with E-state index in [2.05, 4.69) is 24.1 Å². The zero-order valence-corrected chi connectivity index (χ0v) is 17.6. The van der Waals surface area contributed by atoms with E-state index in [1.54, 1.807) is 12.1 Å². The van der Waals surface area contributed by atoms with Gasteiger partial charge in [-0.2, -0.15) is 13.2 Å². The number of nitrogens with zero attached hydrogens (tertiary/aromatic N) is 1. The zero-order chi connectivity index (χ0) is 22.5. The second-order valence-corrected chi connectivity index (χ2v) is 8.61. The second-order valence-electron chi connectivity index (χ2n) is 6.84. The van der Waals surface area contributed by atoms with E-state index in [1.807, 2.05) is 19.1 Å². The van der Waals surface area contributed by atoms with Crippen molar-refractivity contribution in [3.8, 4) is 0 Å². The molecule has 0 saturated carbocycles. The Labute approximate surface area is 174 Å². The van der Waals surface area contributed by atoms with Gasteiger partial charge in [-0.05, 0) is 69.3 Å². The third-order valence-corrected chi connectivity index (χ3v) is 5.73. The Morgan fingerprint density at radius 2 is 1.60 bits per heavy atom. The van der Waals surface area contributed by atoms with Crippen LogP contribution in [0.1, 0.15) is 31.1 Å². The van der Waals surface area contributed by atoms with Gasteiger partial charge >= 0.3 is 6.18 Å². The standard InChI is InChI=1S/C20H24F3N3O3S/c1-4-26(14(2)3)17-9-5-15(6-10-17)19(27)25-16-7-11-18(12-8-16)30(28,29)24-13-20(21,22)23/h5-12,14,24H,4,13H2,1-3H3,(H,25,27). The fourth-order valence-corrected chi connectivity index (χ4v) is 3.85. The Hall–Kier alpha value is -2.59. The molecule has 0 aliphatic rings. The molecule has 0 atom stereocenters. The maximum Gasteiger partial charge on any atom is 0.402 e. The second kappa shape index (κ2) is 9.48. The van der Waals surface area contributed by atoms with Gasteiger partial charge in [0.2, 0.25) is 10.0 Å². The lowest BCUT2D eigenvalue weighted by molar-refractivity contribution is -0.121. The van der Waals surface area contributed by atoms with Crippen molar-refractivity contribution in [2.75, 3.05) is 23.3 Å². The Balaban J connectivity index is 2.06. The molecule has 0 aliphatic carbocycles. The van der Waals surface area contributed by atoms with Gasteiger partial charge in [-0.15, -0.1) is 0 Å². The average Bonchev–Trinajstić information content (AvgIpc) is 2.67. The van der Waals surface area contributed by atoms with E-state index >= 15 is 0 Å². The summed E-state index contributed by atoms with van der Waals surface area (Å²) >= 11 is 0. The summed E-state index contributed by atoms with van der Waals surface area (Å²) in [5.74, 6) is -0.389. The molecule has 0 unspecified atom stereocenters. The largest absolute Gasteiger partial charge is 0.402 e. The van der Waals surface area contributed by atoms with Crippen LogP contribution in [0, 0.1) is 0 Å². The van der Waals surface area contributed by atoms with Gasteiger partial charge < -0.3 is 10.2 Å². The average molecular weight is 443 g/mol. The molecule has 2 rings (SSSR count). The van der Waals surface area contributed by atoms with Crippen molar-refractivity contribution in [1.82, 2.24) is 4.72 Å². The number of hydrogen-bond donors (Lipinski definition) is 2. The van der Waals surface area contributed by atoms with Crippen LogP contribution in [0.4, 0.5) is 24.5 Å². The molecule has 2 N–H and O–H groups in total. The van der Waals surface area contributed by atoms with E-state index in [0.717, 1.165) is 24.4 Å². The smallest absolute Gasteiger partial charge is 0.369 e. The van der Waals surface area contributed by atoms with Gasteiger partial charge in [-0.1, -0.05) is 0 Å². The Morgan fingerprint density at radius 3 is 2.07 bits per heavy atom. The Morgan fingerprint density at radius 1 is 1.03 bits per heavy atom. The van der Waals surface area contributed by atoms with E-state index in [4.69, 9.17) is 0 Å². The molecule has 0 aliphatic heterocycles. The van der Waals surface area contributed by atoms with Gasteiger partial charge in [0.05, 0.1) is 4.90 Å². The maximum atomic E-state index is 12.4. The highest BCUT2D eigenvalue weighted by molar-refractivity contribution is 7.89. The summed E-state index contributed by atoms with van der Waals surface area (Å²) in [5.41, 5.74) is 1.73. The summed E-state index contributed by atoms with van der Waals surface area (Å²) in [6.07, 6.45) is -4.65. The first-order chi connectivity index (χ1) is 13.9. The first-order valence-electron chi connectivity index (χ1n) is 9.27. The number of nitrogens with one attached hydrogen (secondary N) is 2. The highest BCUT2D eigenvalue weighted by Crippen LogP contribution is 2.20. The van der Waals surface area contributed by atoms with Crippen LogP contribution in [0.5, 0.6) is 0 Å². The molecule has 1 amide bonds. The van der Waals surface area contributed by atoms with Crippen molar-refractivity contribution < 1.29 is 26.4 Å². The molecule has 2 aromatic carbocycles. The van der Waals surface area contributed by atoms with Gasteiger partial charge in [-0.3, -0.25) is 4.79 Å². The zero-order valence-electron chi connectivity index (χ0n) is 16.8. The van der Waals surface area contributed by atoms with Crippen LogP contribution in [-0.2, 0) is 10.0 Å². The van der Waals surface area contributed by atoms with Crippen LogP contribution in [0.2, 0.25) is 0 Å². The van der Waals surface area contributed by atoms with E-state index in [-0.39, 0.29) is 10.8 Å². The summed E-state index contributed by atoms with van der Waals surface area (Å²) in [6.45, 7) is 5.37. The van der Waals surface area contributed by atoms with Crippen LogP contribution in [0.15, 0.2) is 53.4 Å². The molecule has 10 heteroatoms. The number of halogens is 3. The third-order valence-electron chi connectivity index (χ3n) is 4.31. The Kier molecular flexibility index (Phi) is 7.49. The van der Waals surface area contributed by atoms with Gasteiger partial charge in [0.15, 0.2) is 0 Å². The third kappa shape index (κ3) is 6.46. The van der Waals surface area contributed by atoms with E-state index in [1.165, 1.54) is 16.9 Å². The molecule has 164 valence electrons. The predicted molar refractivity (Wildman–Crippen MR) is 110 cm³/mol. The van der Waals surface area contributed by atoms with Crippen LogP contribution in [0.3, 0.4) is 0 Å². The lowest BCUT2D eigenvalue weighted by Gasteiger charge is -2.27. The SMILES string of the molecule is CCN(c1ccc(C(=O)Nc2ccc(S(=O)(=O)NCC(F)(F)F)cc2)cc1)C(C)C. The molecule has 2 aromatic rings. The minimum Gasteiger partial charge on any atom is -0.369 e. The van der Waals surface area contributed by atoms with E-state index in [0.29, 0.717) is 17.3 Å². The summed E-state index contributed by atoms with van der Waals surface area (Å²) in [4.78, 5) is 14.3. The summed E-state index contributed by atoms with van der Waals surface area (Å²) < 4.78 is 61.9. The molecule has 0 aromatic heterocycles. The van der Waals surface area contributed by atoms with Crippen molar-refractivity contribution in [3.63, 3.8) is 0 Å². The summed E-state index contributed by atoms with van der Waals surface area (Å²) in [7, 11) is -4.30. The molecule has 0 spiro atoms. The van der Waals surface area contributed by atoms with E-state index < -0.39 is 22.7 Å². The van der Waals surface area contributed by atoms with E-state index in [9.17, 15) is 26.4 Å². The van der Waals surface area contributed by atoms with Crippen molar-refractivity contribution in [2.24, 2.45) is 0 Å². The lowest BCUT2D eigenvalue weighted by Crippen LogP contribution is -2.33. The minimum atomic E-state index is -4.65. The molecule has 30 heavy (non-hydrogen) atoms. The molecular weight excluding hydrogens is 419 g/mol. The lowest BCUT2D eigenvalue weighted by atomic mass is 10.1. The highest BCUT2D eigenvalue weighted by atomic mass is 32.2. The van der Waals surface area contributed by atoms with Crippen LogP contribution in [-0.4, -0.2) is 39.6 Å². The number of benzene rings is 2. The molecule has 0 heterocycles. The maximum absolute atomic E-state index is 12.4. The van der Waals surface area contributed by atoms with Crippen molar-refractivity contribution in [3.05, 3.63) is 54.1 Å². The number of sulfonamides is 1. The number of rotatable bonds is 8. The van der Waals surface area contributed by atoms with Crippen LogP contribution in [0.25, 0.3) is 0 Å². The number of hydrogen-bond acceptors (Lipinski definition) is 4. The number of alkyl halides is 3. The highest BCUT2D eigenvalue weighted by Gasteiger charge is 2.30. The fraction of sp³-hybridized carbons (Fsp3) is 0.350. The predicted octanol–water partition coefficient (Wildman–Crippen LogP) is 4.01. The topological polar surface area (TPSA) is 78.5 Å². The molecule has 0 bridgehead atoms. The van der Waals surface area contributed by atoms with Crippen LogP contribution >= 0.6 is 0 Å². The number of anilines is 2. The quantitative estimate of drug-likeness (QED) is 0.646. The minimum absolute atomic E-state index is 0.315. The molecule has 0 radical (unpaired) electrons. The molecule has 0 fully saturated rings. The number of amides is 1. The van der Waals surface area contributed by atoms with Gasteiger partial charge in [0.1, 0.15) is 6.54 Å². The molecule has 0 saturated heterocycles. The van der Waals surface area contributed by atoms with Crippen molar-refractivity contribution >= 4 is 27.3 Å². The fourth-order valence-electron chi connectivity index (χ4n) is 2.83.